The highest BCUT2D eigenvalue weighted by atomic mass is 32.1. The summed E-state index contributed by atoms with van der Waals surface area (Å²) in [5, 5.41) is 6.34. The molecule has 0 saturated heterocycles. The Kier molecular flexibility index (Phi) is 4.54. The van der Waals surface area contributed by atoms with Gasteiger partial charge in [0, 0.05) is 25.0 Å². The second-order valence-electron chi connectivity index (χ2n) is 5.08. The van der Waals surface area contributed by atoms with Gasteiger partial charge in [-0.1, -0.05) is 13.8 Å². The first kappa shape index (κ1) is 14.7. The molecule has 0 unspecified atom stereocenters. The summed E-state index contributed by atoms with van der Waals surface area (Å²) in [6, 6.07) is 0. The van der Waals surface area contributed by atoms with Crippen LogP contribution in [-0.4, -0.2) is 29.0 Å². The molecule has 0 amide bonds. The fourth-order valence-corrected chi connectivity index (χ4v) is 2.82. The molecule has 1 N–H and O–H groups in total. The van der Waals surface area contributed by atoms with Crippen molar-refractivity contribution in [1.29, 1.82) is 0 Å². The Labute approximate surface area is 124 Å². The molecular weight excluding hydrogens is 270 g/mol. The molecule has 2 aromatic rings. The number of nitrogens with zero attached hydrogens (tertiary/aromatic N) is 4. The van der Waals surface area contributed by atoms with Crippen LogP contribution in [0.1, 0.15) is 36.0 Å². The second kappa shape index (κ2) is 6.17. The van der Waals surface area contributed by atoms with Gasteiger partial charge in [-0.05, 0) is 12.8 Å². The maximum Gasteiger partial charge on any atom is 0.137 e. The molecule has 2 rings (SSSR count). The molecule has 20 heavy (non-hydrogen) atoms. The molecular formula is C14H21N5S. The Morgan fingerprint density at radius 2 is 2.10 bits per heavy atom. The molecule has 5 nitrogen and oxygen atoms in total. The van der Waals surface area contributed by atoms with Gasteiger partial charge >= 0.3 is 0 Å². The summed E-state index contributed by atoms with van der Waals surface area (Å²) in [6.45, 7) is 7.09. The quantitative estimate of drug-likeness (QED) is 0.917. The van der Waals surface area contributed by atoms with Crippen molar-refractivity contribution in [3.05, 3.63) is 28.0 Å². The van der Waals surface area contributed by atoms with Gasteiger partial charge < -0.3 is 10.2 Å². The van der Waals surface area contributed by atoms with Gasteiger partial charge in [-0.15, -0.1) is 11.3 Å². The number of anilines is 2. The van der Waals surface area contributed by atoms with Crippen LogP contribution in [0.2, 0.25) is 0 Å². The molecule has 6 heteroatoms. The summed E-state index contributed by atoms with van der Waals surface area (Å²) in [4.78, 5) is 15.4. The van der Waals surface area contributed by atoms with E-state index >= 15 is 0 Å². The molecule has 0 aromatic carbocycles. The van der Waals surface area contributed by atoms with Crippen molar-refractivity contribution in [3.63, 3.8) is 0 Å². The van der Waals surface area contributed by atoms with Crippen molar-refractivity contribution in [1.82, 2.24) is 15.0 Å². The Morgan fingerprint density at radius 3 is 2.65 bits per heavy atom. The van der Waals surface area contributed by atoms with Crippen molar-refractivity contribution in [3.8, 4) is 0 Å². The van der Waals surface area contributed by atoms with E-state index in [1.165, 1.54) is 0 Å². The van der Waals surface area contributed by atoms with Crippen molar-refractivity contribution in [2.24, 2.45) is 0 Å². The van der Waals surface area contributed by atoms with Crippen molar-refractivity contribution in [2.45, 2.75) is 33.2 Å². The average Bonchev–Trinajstić information content (AvgIpc) is 2.82. The first-order chi connectivity index (χ1) is 9.52. The minimum Gasteiger partial charge on any atom is -0.373 e. The smallest absolute Gasteiger partial charge is 0.137 e. The Balaban J connectivity index is 2.31. The van der Waals surface area contributed by atoms with Gasteiger partial charge in [0.15, 0.2) is 0 Å². The minimum atomic E-state index is 0.355. The molecule has 0 aliphatic rings. The van der Waals surface area contributed by atoms with E-state index in [4.69, 9.17) is 0 Å². The van der Waals surface area contributed by atoms with E-state index in [0.717, 1.165) is 34.4 Å². The van der Waals surface area contributed by atoms with Gasteiger partial charge in [0.05, 0.1) is 17.2 Å². The third kappa shape index (κ3) is 3.07. The van der Waals surface area contributed by atoms with Gasteiger partial charge in [-0.2, -0.15) is 0 Å². The molecule has 0 spiro atoms. The molecule has 2 aromatic heterocycles. The normalized spacial score (nSPS) is 10.9. The van der Waals surface area contributed by atoms with Crippen LogP contribution < -0.4 is 10.2 Å². The minimum absolute atomic E-state index is 0.355. The highest BCUT2D eigenvalue weighted by Gasteiger charge is 2.17. The van der Waals surface area contributed by atoms with E-state index in [1.54, 1.807) is 17.7 Å². The van der Waals surface area contributed by atoms with E-state index in [1.807, 2.05) is 21.0 Å². The second-order valence-corrected chi connectivity index (χ2v) is 6.14. The van der Waals surface area contributed by atoms with Crippen LogP contribution in [0.15, 0.2) is 11.7 Å². The highest BCUT2D eigenvalue weighted by Crippen LogP contribution is 2.30. The number of hydrogen-bond donors (Lipinski definition) is 1. The van der Waals surface area contributed by atoms with Crippen LogP contribution in [0.3, 0.4) is 0 Å². The van der Waals surface area contributed by atoms with E-state index in [2.05, 4.69) is 44.4 Å². The SMILES string of the molecule is CNc1ncnc(N(C)Cc2csc(C)n2)c1C(C)C. The number of rotatable bonds is 5. The number of nitrogens with one attached hydrogen (secondary N) is 1. The van der Waals surface area contributed by atoms with Crippen molar-refractivity contribution < 1.29 is 0 Å². The zero-order chi connectivity index (χ0) is 14.7. The predicted molar refractivity (Wildman–Crippen MR) is 84.6 cm³/mol. The van der Waals surface area contributed by atoms with Crippen LogP contribution in [0.25, 0.3) is 0 Å². The van der Waals surface area contributed by atoms with Crippen LogP contribution in [0.4, 0.5) is 11.6 Å². The lowest BCUT2D eigenvalue weighted by atomic mass is 10.0. The third-order valence-electron chi connectivity index (χ3n) is 3.10. The molecule has 0 radical (unpaired) electrons. The lowest BCUT2D eigenvalue weighted by Gasteiger charge is -2.23. The van der Waals surface area contributed by atoms with Gasteiger partial charge in [0.1, 0.15) is 18.0 Å². The first-order valence-corrected chi connectivity index (χ1v) is 7.55. The zero-order valence-electron chi connectivity index (χ0n) is 12.6. The molecule has 0 aliphatic heterocycles. The highest BCUT2D eigenvalue weighted by molar-refractivity contribution is 7.09. The summed E-state index contributed by atoms with van der Waals surface area (Å²) in [6.07, 6.45) is 1.61. The van der Waals surface area contributed by atoms with E-state index < -0.39 is 0 Å². The fraction of sp³-hybridized carbons (Fsp3) is 0.500. The van der Waals surface area contributed by atoms with Crippen molar-refractivity contribution in [2.75, 3.05) is 24.3 Å². The summed E-state index contributed by atoms with van der Waals surface area (Å²) in [5.74, 6) is 2.21. The first-order valence-electron chi connectivity index (χ1n) is 6.67. The summed E-state index contributed by atoms with van der Waals surface area (Å²) < 4.78 is 0. The number of aromatic nitrogens is 3. The summed E-state index contributed by atoms with van der Waals surface area (Å²) in [5.41, 5.74) is 2.22. The number of hydrogen-bond acceptors (Lipinski definition) is 6. The Morgan fingerprint density at radius 1 is 1.35 bits per heavy atom. The summed E-state index contributed by atoms with van der Waals surface area (Å²) >= 11 is 1.68. The number of aryl methyl sites for hydroxylation is 1. The fourth-order valence-electron chi connectivity index (χ4n) is 2.22. The molecule has 0 fully saturated rings. The Hall–Kier alpha value is -1.69. The van der Waals surface area contributed by atoms with Crippen LogP contribution in [0, 0.1) is 6.92 Å². The van der Waals surface area contributed by atoms with E-state index in [0.29, 0.717) is 5.92 Å². The lowest BCUT2D eigenvalue weighted by molar-refractivity contribution is 0.803. The Bertz CT molecular complexity index is 579. The molecule has 0 bridgehead atoms. The molecule has 0 saturated carbocycles. The van der Waals surface area contributed by atoms with E-state index in [9.17, 15) is 0 Å². The monoisotopic (exact) mass is 291 g/mol. The molecule has 0 aliphatic carbocycles. The maximum absolute atomic E-state index is 4.51. The van der Waals surface area contributed by atoms with Gasteiger partial charge in [0.2, 0.25) is 0 Å². The average molecular weight is 291 g/mol. The molecule has 108 valence electrons. The van der Waals surface area contributed by atoms with Gasteiger partial charge in [-0.3, -0.25) is 0 Å². The zero-order valence-corrected chi connectivity index (χ0v) is 13.5. The number of thiazole rings is 1. The molecule has 0 atom stereocenters. The standard InChI is InChI=1S/C14H21N5S/c1-9(2)12-13(15-4)16-8-17-14(12)19(5)6-11-7-20-10(3)18-11/h7-9H,6H2,1-5H3,(H,15,16,17). The van der Waals surface area contributed by atoms with Crippen LogP contribution in [-0.2, 0) is 6.54 Å². The van der Waals surface area contributed by atoms with Crippen molar-refractivity contribution >= 4 is 23.0 Å². The van der Waals surface area contributed by atoms with Crippen LogP contribution >= 0.6 is 11.3 Å². The van der Waals surface area contributed by atoms with Crippen LogP contribution in [0.5, 0.6) is 0 Å². The molecule has 2 heterocycles. The topological polar surface area (TPSA) is 53.9 Å². The van der Waals surface area contributed by atoms with Gasteiger partial charge in [0.25, 0.3) is 0 Å². The maximum atomic E-state index is 4.51. The predicted octanol–water partition coefficient (Wildman–Crippen LogP) is 3.04. The van der Waals surface area contributed by atoms with E-state index in [-0.39, 0.29) is 0 Å². The third-order valence-corrected chi connectivity index (χ3v) is 3.93. The lowest BCUT2D eigenvalue weighted by Crippen LogP contribution is -2.21. The summed E-state index contributed by atoms with van der Waals surface area (Å²) in [7, 11) is 3.93. The van der Waals surface area contributed by atoms with Gasteiger partial charge in [-0.25, -0.2) is 15.0 Å². The largest absolute Gasteiger partial charge is 0.373 e.